The molecule has 17 heavy (non-hydrogen) atoms. The Kier molecular flexibility index (Phi) is 4.48. The molecule has 0 saturated carbocycles. The van der Waals surface area contributed by atoms with E-state index in [0.717, 1.165) is 12.0 Å². The zero-order valence-electron chi connectivity index (χ0n) is 12.0. The zero-order chi connectivity index (χ0) is 12.3. The highest BCUT2D eigenvalue weighted by Crippen LogP contribution is 2.30. The highest BCUT2D eigenvalue weighted by atomic mass is 15.2. The summed E-state index contributed by atoms with van der Waals surface area (Å²) in [6.45, 7) is 11.0. The first-order valence-electron chi connectivity index (χ1n) is 7.64. The number of likely N-dealkylation sites (tertiary alicyclic amines) is 1. The molecule has 0 aliphatic carbocycles. The largest absolute Gasteiger partial charge is 0.310 e. The topological polar surface area (TPSA) is 15.3 Å². The van der Waals surface area contributed by atoms with Crippen LogP contribution in [-0.2, 0) is 0 Å². The number of hydrogen-bond donors (Lipinski definition) is 1. The summed E-state index contributed by atoms with van der Waals surface area (Å²) in [6.07, 6.45) is 8.21. The fourth-order valence-electron chi connectivity index (χ4n) is 3.85. The summed E-state index contributed by atoms with van der Waals surface area (Å²) in [5.41, 5.74) is 0.448. The lowest BCUT2D eigenvalue weighted by atomic mass is 9.87. The first-order chi connectivity index (χ1) is 8.15. The molecule has 2 heteroatoms. The molecule has 0 spiro atoms. The molecule has 3 unspecified atom stereocenters. The van der Waals surface area contributed by atoms with E-state index in [1.165, 1.54) is 58.2 Å². The zero-order valence-corrected chi connectivity index (χ0v) is 12.0. The Hall–Kier alpha value is -0.0800. The fraction of sp³-hybridized carbons (Fsp3) is 1.00. The van der Waals surface area contributed by atoms with E-state index in [1.54, 1.807) is 0 Å². The third kappa shape index (κ3) is 3.23. The van der Waals surface area contributed by atoms with Crippen LogP contribution in [0.3, 0.4) is 0 Å². The van der Waals surface area contributed by atoms with Crippen LogP contribution in [0, 0.1) is 5.92 Å². The van der Waals surface area contributed by atoms with Gasteiger partial charge in [0.25, 0.3) is 0 Å². The molecule has 2 rings (SSSR count). The molecule has 2 aliphatic rings. The van der Waals surface area contributed by atoms with Gasteiger partial charge in [0, 0.05) is 18.1 Å². The Morgan fingerprint density at radius 3 is 2.76 bits per heavy atom. The lowest BCUT2D eigenvalue weighted by Gasteiger charge is -2.42. The highest BCUT2D eigenvalue weighted by Gasteiger charge is 2.36. The van der Waals surface area contributed by atoms with Gasteiger partial charge in [-0.15, -0.1) is 0 Å². The first kappa shape index (κ1) is 13.4. The molecule has 0 amide bonds. The van der Waals surface area contributed by atoms with E-state index in [4.69, 9.17) is 0 Å². The Labute approximate surface area is 107 Å². The van der Waals surface area contributed by atoms with Gasteiger partial charge in [-0.25, -0.2) is 0 Å². The minimum Gasteiger partial charge on any atom is -0.310 e. The molecular formula is C15H30N2. The molecule has 2 fully saturated rings. The van der Waals surface area contributed by atoms with Gasteiger partial charge in [0.1, 0.15) is 0 Å². The Balaban J connectivity index is 1.93. The second-order valence-corrected chi connectivity index (χ2v) is 6.51. The monoisotopic (exact) mass is 238 g/mol. The quantitative estimate of drug-likeness (QED) is 0.810. The first-order valence-corrected chi connectivity index (χ1v) is 7.64. The van der Waals surface area contributed by atoms with Crippen LogP contribution in [0.5, 0.6) is 0 Å². The Morgan fingerprint density at radius 2 is 2.18 bits per heavy atom. The van der Waals surface area contributed by atoms with Gasteiger partial charge in [0.05, 0.1) is 0 Å². The Morgan fingerprint density at radius 1 is 1.35 bits per heavy atom. The van der Waals surface area contributed by atoms with E-state index in [9.17, 15) is 0 Å². The van der Waals surface area contributed by atoms with Crippen molar-refractivity contribution >= 4 is 0 Å². The van der Waals surface area contributed by atoms with Crippen LogP contribution in [0.25, 0.3) is 0 Å². The van der Waals surface area contributed by atoms with E-state index < -0.39 is 0 Å². The summed E-state index contributed by atoms with van der Waals surface area (Å²) in [5.74, 6) is 0.930. The maximum atomic E-state index is 3.81. The fourth-order valence-corrected chi connectivity index (χ4v) is 3.85. The summed E-state index contributed by atoms with van der Waals surface area (Å²) in [7, 11) is 0. The van der Waals surface area contributed by atoms with Crippen molar-refractivity contribution in [1.29, 1.82) is 0 Å². The standard InChI is InChI=1S/C15H30N2/c1-4-7-15(8-5-9-16-15)12-17-10-6-13(2)11-14(17)3/h13-14,16H,4-12H2,1-3H3. The molecule has 0 aromatic heterocycles. The van der Waals surface area contributed by atoms with Crippen LogP contribution in [0.15, 0.2) is 0 Å². The average molecular weight is 238 g/mol. The highest BCUT2D eigenvalue weighted by molar-refractivity contribution is 4.96. The van der Waals surface area contributed by atoms with Gasteiger partial charge in [-0.2, -0.15) is 0 Å². The van der Waals surface area contributed by atoms with E-state index in [-0.39, 0.29) is 0 Å². The van der Waals surface area contributed by atoms with Gasteiger partial charge in [-0.3, -0.25) is 4.90 Å². The Bertz CT molecular complexity index is 233. The molecular weight excluding hydrogens is 208 g/mol. The second kappa shape index (κ2) is 5.71. The van der Waals surface area contributed by atoms with Crippen LogP contribution >= 0.6 is 0 Å². The van der Waals surface area contributed by atoms with Crippen molar-refractivity contribution in [2.75, 3.05) is 19.6 Å². The van der Waals surface area contributed by atoms with Gasteiger partial charge in [-0.05, 0) is 58.0 Å². The average Bonchev–Trinajstić information content (AvgIpc) is 2.72. The van der Waals surface area contributed by atoms with Crippen LogP contribution in [0.4, 0.5) is 0 Å². The minimum atomic E-state index is 0.448. The third-order valence-electron chi connectivity index (χ3n) is 4.84. The molecule has 3 atom stereocenters. The minimum absolute atomic E-state index is 0.448. The van der Waals surface area contributed by atoms with Crippen LogP contribution in [-0.4, -0.2) is 36.1 Å². The molecule has 0 aromatic carbocycles. The van der Waals surface area contributed by atoms with Gasteiger partial charge >= 0.3 is 0 Å². The van der Waals surface area contributed by atoms with Crippen molar-refractivity contribution < 1.29 is 0 Å². The van der Waals surface area contributed by atoms with E-state index in [2.05, 4.69) is 31.0 Å². The summed E-state index contributed by atoms with van der Waals surface area (Å²) >= 11 is 0. The lowest BCUT2D eigenvalue weighted by Crippen LogP contribution is -2.53. The van der Waals surface area contributed by atoms with Crippen molar-refractivity contribution in [3.8, 4) is 0 Å². The lowest BCUT2D eigenvalue weighted by molar-refractivity contribution is 0.0903. The predicted octanol–water partition coefficient (Wildman–Crippen LogP) is 3.03. The van der Waals surface area contributed by atoms with Gasteiger partial charge in [0.15, 0.2) is 0 Å². The number of hydrogen-bond acceptors (Lipinski definition) is 2. The number of rotatable bonds is 4. The van der Waals surface area contributed by atoms with Crippen molar-refractivity contribution in [3.05, 3.63) is 0 Å². The normalized spacial score (nSPS) is 39.7. The molecule has 0 bridgehead atoms. The number of nitrogens with one attached hydrogen (secondary N) is 1. The van der Waals surface area contributed by atoms with Crippen molar-refractivity contribution in [2.45, 2.75) is 70.9 Å². The molecule has 2 saturated heterocycles. The summed E-state index contributed by atoms with van der Waals surface area (Å²) in [6, 6.07) is 0.787. The predicted molar refractivity (Wildman–Crippen MR) is 74.3 cm³/mol. The molecule has 100 valence electrons. The maximum absolute atomic E-state index is 3.81. The SMILES string of the molecule is CCCC1(CN2CCC(C)CC2C)CCCN1. The number of nitrogens with zero attached hydrogens (tertiary/aromatic N) is 1. The molecule has 2 aliphatic heterocycles. The molecule has 0 aromatic rings. The summed E-state index contributed by atoms with van der Waals surface area (Å²) in [5, 5.41) is 3.81. The maximum Gasteiger partial charge on any atom is 0.0309 e. The second-order valence-electron chi connectivity index (χ2n) is 6.51. The molecule has 2 heterocycles. The van der Waals surface area contributed by atoms with E-state index in [1.807, 2.05) is 0 Å². The van der Waals surface area contributed by atoms with Crippen LogP contribution in [0.1, 0.15) is 59.3 Å². The smallest absolute Gasteiger partial charge is 0.0309 e. The van der Waals surface area contributed by atoms with Crippen LogP contribution in [0.2, 0.25) is 0 Å². The van der Waals surface area contributed by atoms with Gasteiger partial charge in [0.2, 0.25) is 0 Å². The molecule has 0 radical (unpaired) electrons. The molecule has 1 N–H and O–H groups in total. The van der Waals surface area contributed by atoms with E-state index >= 15 is 0 Å². The van der Waals surface area contributed by atoms with E-state index in [0.29, 0.717) is 5.54 Å². The third-order valence-corrected chi connectivity index (χ3v) is 4.84. The summed E-state index contributed by atoms with van der Waals surface area (Å²) in [4.78, 5) is 2.74. The molecule has 2 nitrogen and oxygen atoms in total. The van der Waals surface area contributed by atoms with Gasteiger partial charge in [-0.1, -0.05) is 20.3 Å². The van der Waals surface area contributed by atoms with Crippen molar-refractivity contribution in [3.63, 3.8) is 0 Å². The van der Waals surface area contributed by atoms with Gasteiger partial charge < -0.3 is 5.32 Å². The van der Waals surface area contributed by atoms with Crippen molar-refractivity contribution in [1.82, 2.24) is 10.2 Å². The van der Waals surface area contributed by atoms with Crippen LogP contribution < -0.4 is 5.32 Å². The summed E-state index contributed by atoms with van der Waals surface area (Å²) < 4.78 is 0. The van der Waals surface area contributed by atoms with Crippen molar-refractivity contribution in [2.24, 2.45) is 5.92 Å². The number of piperidine rings is 1.